The maximum Gasteiger partial charge on any atom is 0.262 e. The van der Waals surface area contributed by atoms with Crippen LogP contribution in [0, 0.1) is 0 Å². The number of carbonyl (C=O) groups is 3. The summed E-state index contributed by atoms with van der Waals surface area (Å²) >= 11 is 0. The van der Waals surface area contributed by atoms with Crippen LogP contribution in [0.3, 0.4) is 0 Å². The van der Waals surface area contributed by atoms with Gasteiger partial charge in [0.25, 0.3) is 5.91 Å². The molecule has 9 nitrogen and oxygen atoms in total. The lowest BCUT2D eigenvalue weighted by molar-refractivity contribution is -0.129. The average Bonchev–Trinajstić information content (AvgIpc) is 3.26. The highest BCUT2D eigenvalue weighted by atomic mass is 16.5. The van der Waals surface area contributed by atoms with E-state index in [1.807, 2.05) is 19.9 Å². The second kappa shape index (κ2) is 12.4. The Kier molecular flexibility index (Phi) is 9.30. The van der Waals surface area contributed by atoms with Crippen molar-refractivity contribution in [2.24, 2.45) is 0 Å². The van der Waals surface area contributed by atoms with Gasteiger partial charge in [0.2, 0.25) is 11.8 Å². The molecular weight excluding hydrogens is 462 g/mol. The molecular formula is C27H35N3O6. The molecule has 0 bridgehead atoms. The Labute approximate surface area is 211 Å². The Morgan fingerprint density at radius 1 is 0.917 bits per heavy atom. The molecule has 1 heterocycles. The number of nitrogens with zero attached hydrogens (tertiary/aromatic N) is 1. The van der Waals surface area contributed by atoms with Crippen molar-refractivity contribution in [3.05, 3.63) is 47.0 Å². The van der Waals surface area contributed by atoms with Gasteiger partial charge in [-0.2, -0.15) is 0 Å². The summed E-state index contributed by atoms with van der Waals surface area (Å²) in [7, 11) is 0. The Balaban J connectivity index is 1.54. The third-order valence-electron chi connectivity index (χ3n) is 6.43. The van der Waals surface area contributed by atoms with Gasteiger partial charge in [-0.1, -0.05) is 33.1 Å². The number of fused-ring (bicyclic) bond motifs is 1. The summed E-state index contributed by atoms with van der Waals surface area (Å²) in [4.78, 5) is 38.1. The van der Waals surface area contributed by atoms with Gasteiger partial charge >= 0.3 is 0 Å². The van der Waals surface area contributed by atoms with E-state index in [4.69, 9.17) is 5.21 Å². The molecule has 0 saturated carbocycles. The van der Waals surface area contributed by atoms with Gasteiger partial charge in [-0.15, -0.1) is 0 Å². The van der Waals surface area contributed by atoms with Crippen LogP contribution in [-0.4, -0.2) is 39.7 Å². The zero-order valence-corrected chi connectivity index (χ0v) is 20.8. The van der Waals surface area contributed by atoms with Gasteiger partial charge in [-0.3, -0.25) is 19.6 Å². The lowest BCUT2D eigenvalue weighted by Crippen LogP contribution is -2.29. The largest absolute Gasteiger partial charge is 0.508 e. The fourth-order valence-corrected chi connectivity index (χ4v) is 4.44. The van der Waals surface area contributed by atoms with E-state index in [1.54, 1.807) is 28.6 Å². The topological polar surface area (TPSA) is 139 Å². The number of phenolic OH excluding ortho intramolecular Hbond substituents is 2. The molecule has 0 atom stereocenters. The van der Waals surface area contributed by atoms with Gasteiger partial charge < -0.3 is 20.4 Å². The second-order valence-corrected chi connectivity index (χ2v) is 9.48. The number of nitrogens with one attached hydrogen (secondary N) is 2. The van der Waals surface area contributed by atoms with Crippen LogP contribution < -0.4 is 15.7 Å². The monoisotopic (exact) mass is 497 g/mol. The number of hydroxylamine groups is 1. The molecule has 2 aromatic rings. The number of amides is 3. The molecule has 36 heavy (non-hydrogen) atoms. The predicted molar refractivity (Wildman–Crippen MR) is 137 cm³/mol. The average molecular weight is 498 g/mol. The Morgan fingerprint density at radius 2 is 1.58 bits per heavy atom. The summed E-state index contributed by atoms with van der Waals surface area (Å²) in [5, 5.41) is 31.8. The Morgan fingerprint density at radius 3 is 2.25 bits per heavy atom. The van der Waals surface area contributed by atoms with Gasteiger partial charge in [0, 0.05) is 36.8 Å². The quantitative estimate of drug-likeness (QED) is 0.175. The van der Waals surface area contributed by atoms with Crippen molar-refractivity contribution < 1.29 is 29.8 Å². The van der Waals surface area contributed by atoms with Gasteiger partial charge in [0.05, 0.1) is 5.56 Å². The minimum atomic E-state index is -0.380. The minimum Gasteiger partial charge on any atom is -0.508 e. The van der Waals surface area contributed by atoms with E-state index < -0.39 is 0 Å². The van der Waals surface area contributed by atoms with E-state index in [0.29, 0.717) is 43.5 Å². The van der Waals surface area contributed by atoms with E-state index in [9.17, 15) is 24.6 Å². The first-order chi connectivity index (χ1) is 17.2. The van der Waals surface area contributed by atoms with Crippen LogP contribution in [0.25, 0.3) is 0 Å². The maximum atomic E-state index is 13.2. The zero-order chi connectivity index (χ0) is 26.2. The highest BCUT2D eigenvalue weighted by Gasteiger charge is 2.28. The van der Waals surface area contributed by atoms with Crippen molar-refractivity contribution in [3.63, 3.8) is 0 Å². The zero-order valence-electron chi connectivity index (χ0n) is 20.8. The van der Waals surface area contributed by atoms with Crippen molar-refractivity contribution >= 4 is 29.1 Å². The van der Waals surface area contributed by atoms with E-state index >= 15 is 0 Å². The van der Waals surface area contributed by atoms with Gasteiger partial charge in [0.1, 0.15) is 11.5 Å². The summed E-state index contributed by atoms with van der Waals surface area (Å²) in [6.07, 6.45) is 5.47. The molecule has 1 aliphatic heterocycles. The van der Waals surface area contributed by atoms with Crippen LogP contribution in [0.1, 0.15) is 86.2 Å². The molecule has 0 fully saturated rings. The number of hydrogen-bond donors (Lipinski definition) is 5. The highest BCUT2D eigenvalue weighted by molar-refractivity contribution is 6.09. The van der Waals surface area contributed by atoms with E-state index in [-0.39, 0.29) is 40.7 Å². The number of unbranched alkanes of at least 4 members (excludes halogenated alkanes) is 4. The van der Waals surface area contributed by atoms with Crippen molar-refractivity contribution in [2.45, 2.75) is 71.1 Å². The van der Waals surface area contributed by atoms with Crippen LogP contribution in [0.15, 0.2) is 30.3 Å². The van der Waals surface area contributed by atoms with Crippen LogP contribution >= 0.6 is 0 Å². The summed E-state index contributed by atoms with van der Waals surface area (Å²) < 4.78 is 0. The van der Waals surface area contributed by atoms with Crippen molar-refractivity contribution in [2.75, 3.05) is 16.8 Å². The fourth-order valence-electron chi connectivity index (χ4n) is 4.44. The predicted octanol–water partition coefficient (Wildman–Crippen LogP) is 4.60. The summed E-state index contributed by atoms with van der Waals surface area (Å²) in [5.74, 6) is -1.08. The number of phenols is 2. The SMILES string of the molecule is CC(C)c1cc(C(=O)N2CCc3cc(NC(=O)CCCCCCCC(=O)NO)ccc32)c(O)cc1O. The minimum absolute atomic E-state index is 0.00530. The Bertz CT molecular complexity index is 1110. The molecule has 0 spiro atoms. The molecule has 194 valence electrons. The fraction of sp³-hybridized carbons (Fsp3) is 0.444. The number of aromatic hydroxyl groups is 2. The number of hydrogen-bond acceptors (Lipinski definition) is 6. The van der Waals surface area contributed by atoms with Crippen molar-refractivity contribution in [1.82, 2.24) is 5.48 Å². The molecule has 0 aliphatic carbocycles. The van der Waals surface area contributed by atoms with E-state index in [1.165, 1.54) is 6.07 Å². The van der Waals surface area contributed by atoms with Crippen molar-refractivity contribution in [3.8, 4) is 11.5 Å². The summed E-state index contributed by atoms with van der Waals surface area (Å²) in [5.41, 5.74) is 4.73. The first-order valence-electron chi connectivity index (χ1n) is 12.4. The van der Waals surface area contributed by atoms with Gasteiger partial charge in [0.15, 0.2) is 0 Å². The third kappa shape index (κ3) is 6.75. The normalized spacial score (nSPS) is 12.5. The first kappa shape index (κ1) is 27.0. The molecule has 3 rings (SSSR count). The number of benzene rings is 2. The summed E-state index contributed by atoms with van der Waals surface area (Å²) in [6, 6.07) is 8.22. The third-order valence-corrected chi connectivity index (χ3v) is 6.43. The lowest BCUT2D eigenvalue weighted by Gasteiger charge is -2.20. The van der Waals surface area contributed by atoms with Gasteiger partial charge in [-0.05, 0) is 60.6 Å². The Hall–Kier alpha value is -3.59. The molecule has 2 aromatic carbocycles. The molecule has 1 aliphatic rings. The summed E-state index contributed by atoms with van der Waals surface area (Å²) in [6.45, 7) is 4.27. The number of anilines is 2. The molecule has 0 saturated heterocycles. The molecule has 0 unspecified atom stereocenters. The molecule has 0 aromatic heterocycles. The molecule has 9 heteroatoms. The standard InChI is InChI=1S/C27H35N3O6/c1-17(2)20-15-21(24(32)16-23(20)31)27(35)30-13-12-18-14-19(10-11-22(18)30)28-25(33)8-6-4-3-5-7-9-26(34)29-36/h10-11,14-17,31-32,36H,3-9,12-13H2,1-2H3,(H,28,33)(H,29,34). The molecule has 3 amide bonds. The maximum absolute atomic E-state index is 13.2. The van der Waals surface area contributed by atoms with E-state index in [0.717, 1.165) is 36.9 Å². The first-order valence-corrected chi connectivity index (χ1v) is 12.4. The van der Waals surface area contributed by atoms with Crippen molar-refractivity contribution in [1.29, 1.82) is 0 Å². The van der Waals surface area contributed by atoms with Crippen LogP contribution in [0.4, 0.5) is 11.4 Å². The van der Waals surface area contributed by atoms with Gasteiger partial charge in [-0.25, -0.2) is 5.48 Å². The van der Waals surface area contributed by atoms with Crippen LogP contribution in [0.5, 0.6) is 11.5 Å². The van der Waals surface area contributed by atoms with Crippen LogP contribution in [-0.2, 0) is 16.0 Å². The second-order valence-electron chi connectivity index (χ2n) is 9.48. The molecule has 0 radical (unpaired) electrons. The molecule has 5 N–H and O–H groups in total. The lowest BCUT2D eigenvalue weighted by atomic mass is 9.98. The number of rotatable bonds is 11. The smallest absolute Gasteiger partial charge is 0.262 e. The highest BCUT2D eigenvalue weighted by Crippen LogP contribution is 2.36. The number of carbonyl (C=O) groups excluding carboxylic acids is 3. The van der Waals surface area contributed by atoms with Crippen LogP contribution in [0.2, 0.25) is 0 Å². The van der Waals surface area contributed by atoms with E-state index in [2.05, 4.69) is 5.32 Å².